The van der Waals surface area contributed by atoms with Gasteiger partial charge in [-0.1, -0.05) is 18.2 Å². The van der Waals surface area contributed by atoms with Crippen molar-refractivity contribution >= 4 is 11.9 Å². The van der Waals surface area contributed by atoms with Crippen molar-refractivity contribution in [2.75, 3.05) is 48.1 Å². The molecule has 0 amide bonds. The first-order valence-electron chi connectivity index (χ1n) is 10.8. The van der Waals surface area contributed by atoms with Crippen LogP contribution in [-0.4, -0.2) is 74.7 Å². The Bertz CT molecular complexity index is 1140. The van der Waals surface area contributed by atoms with Gasteiger partial charge in [0.15, 0.2) is 17.2 Å². The molecule has 0 atom stereocenters. The Balaban J connectivity index is 2.18. The molecule has 0 spiro atoms. The standard InChI is InChI=1S/C25H29N3O6/c1-6-33-20-16-17(12-13-19(20)34-15-14-27(2)3)22-21(24(29)31-4)23(25(30)32-5)28(26-22)18-10-8-7-9-11-18/h7-13,16H,6,14-15H2,1-5H3. The summed E-state index contributed by atoms with van der Waals surface area (Å²) in [5, 5.41) is 4.62. The van der Waals surface area contributed by atoms with Crippen molar-refractivity contribution in [3.63, 3.8) is 0 Å². The lowest BCUT2D eigenvalue weighted by atomic mass is 10.0. The van der Waals surface area contributed by atoms with Crippen LogP contribution in [0.15, 0.2) is 48.5 Å². The topological polar surface area (TPSA) is 92.1 Å². The Morgan fingerprint density at radius 2 is 1.65 bits per heavy atom. The fourth-order valence-electron chi connectivity index (χ4n) is 3.34. The van der Waals surface area contributed by atoms with Gasteiger partial charge >= 0.3 is 11.9 Å². The van der Waals surface area contributed by atoms with Gasteiger partial charge in [0.1, 0.15) is 17.9 Å². The van der Waals surface area contributed by atoms with Crippen molar-refractivity contribution in [1.82, 2.24) is 14.7 Å². The van der Waals surface area contributed by atoms with Crippen molar-refractivity contribution in [2.24, 2.45) is 0 Å². The highest BCUT2D eigenvalue weighted by Gasteiger charge is 2.31. The Hall–Kier alpha value is -3.85. The number of nitrogens with zero attached hydrogens (tertiary/aromatic N) is 3. The number of likely N-dealkylation sites (N-methyl/N-ethyl adjacent to an activating group) is 1. The number of aromatic nitrogens is 2. The summed E-state index contributed by atoms with van der Waals surface area (Å²) in [5.41, 5.74) is 1.38. The van der Waals surface area contributed by atoms with E-state index in [1.165, 1.54) is 18.9 Å². The van der Waals surface area contributed by atoms with Gasteiger partial charge in [-0.15, -0.1) is 0 Å². The fraction of sp³-hybridized carbons (Fsp3) is 0.320. The molecular weight excluding hydrogens is 438 g/mol. The maximum Gasteiger partial charge on any atom is 0.357 e. The third kappa shape index (κ3) is 5.37. The summed E-state index contributed by atoms with van der Waals surface area (Å²) < 4.78 is 23.0. The Morgan fingerprint density at radius 3 is 2.26 bits per heavy atom. The van der Waals surface area contributed by atoms with Gasteiger partial charge in [-0.05, 0) is 51.4 Å². The molecule has 0 N–H and O–H groups in total. The van der Waals surface area contributed by atoms with Crippen LogP contribution in [0.25, 0.3) is 16.9 Å². The highest BCUT2D eigenvalue weighted by atomic mass is 16.5. The van der Waals surface area contributed by atoms with Crippen LogP contribution in [0.1, 0.15) is 27.8 Å². The van der Waals surface area contributed by atoms with E-state index in [1.54, 1.807) is 30.3 Å². The molecule has 180 valence electrons. The summed E-state index contributed by atoms with van der Waals surface area (Å²) in [6.45, 7) is 3.51. The van der Waals surface area contributed by atoms with Gasteiger partial charge in [-0.25, -0.2) is 14.3 Å². The lowest BCUT2D eigenvalue weighted by molar-refractivity contribution is 0.0549. The second-order valence-corrected chi connectivity index (χ2v) is 7.55. The lowest BCUT2D eigenvalue weighted by Crippen LogP contribution is -2.19. The fourth-order valence-corrected chi connectivity index (χ4v) is 3.34. The SMILES string of the molecule is CCOc1cc(-c2nn(-c3ccccc3)c(C(=O)OC)c2C(=O)OC)ccc1OCCN(C)C. The molecule has 0 bridgehead atoms. The molecule has 3 aromatic rings. The first-order chi connectivity index (χ1) is 16.4. The Kier molecular flexibility index (Phi) is 8.26. The summed E-state index contributed by atoms with van der Waals surface area (Å²) in [5.74, 6) is -0.343. The van der Waals surface area contributed by atoms with E-state index in [1.807, 2.05) is 44.1 Å². The highest BCUT2D eigenvalue weighted by Crippen LogP contribution is 2.35. The van der Waals surface area contributed by atoms with Crippen LogP contribution < -0.4 is 9.47 Å². The van der Waals surface area contributed by atoms with Gasteiger partial charge < -0.3 is 23.8 Å². The summed E-state index contributed by atoms with van der Waals surface area (Å²) in [7, 11) is 6.43. The summed E-state index contributed by atoms with van der Waals surface area (Å²) in [6, 6.07) is 14.3. The summed E-state index contributed by atoms with van der Waals surface area (Å²) in [6.07, 6.45) is 0. The van der Waals surface area contributed by atoms with Crippen molar-refractivity contribution in [3.8, 4) is 28.4 Å². The minimum absolute atomic E-state index is 0.00178. The number of ether oxygens (including phenoxy) is 4. The number of hydrogen-bond donors (Lipinski definition) is 0. The van der Waals surface area contributed by atoms with Gasteiger partial charge in [0.2, 0.25) is 0 Å². The van der Waals surface area contributed by atoms with E-state index in [9.17, 15) is 9.59 Å². The van der Waals surface area contributed by atoms with E-state index in [2.05, 4.69) is 5.10 Å². The number of para-hydroxylation sites is 1. The zero-order valence-corrected chi connectivity index (χ0v) is 20.0. The first-order valence-corrected chi connectivity index (χ1v) is 10.8. The van der Waals surface area contributed by atoms with Gasteiger partial charge in [0, 0.05) is 12.1 Å². The maximum absolute atomic E-state index is 12.8. The molecule has 1 heterocycles. The van der Waals surface area contributed by atoms with E-state index in [0.29, 0.717) is 36.0 Å². The third-order valence-corrected chi connectivity index (χ3v) is 4.97. The van der Waals surface area contributed by atoms with E-state index < -0.39 is 11.9 Å². The molecule has 9 nitrogen and oxygen atoms in total. The molecule has 2 aromatic carbocycles. The monoisotopic (exact) mass is 467 g/mol. The average molecular weight is 468 g/mol. The van der Waals surface area contributed by atoms with Crippen LogP contribution in [0.5, 0.6) is 11.5 Å². The highest BCUT2D eigenvalue weighted by molar-refractivity contribution is 6.06. The quantitative estimate of drug-likeness (QED) is 0.419. The lowest BCUT2D eigenvalue weighted by Gasteiger charge is -2.15. The van der Waals surface area contributed by atoms with Crippen molar-refractivity contribution in [1.29, 1.82) is 0 Å². The molecule has 0 unspecified atom stereocenters. The van der Waals surface area contributed by atoms with Gasteiger partial charge in [-0.2, -0.15) is 5.10 Å². The van der Waals surface area contributed by atoms with Crippen LogP contribution in [0.4, 0.5) is 0 Å². The van der Waals surface area contributed by atoms with Crippen LogP contribution in [0.2, 0.25) is 0 Å². The van der Waals surface area contributed by atoms with E-state index in [0.717, 1.165) is 6.54 Å². The molecule has 0 fully saturated rings. The number of hydrogen-bond acceptors (Lipinski definition) is 8. The van der Waals surface area contributed by atoms with Gasteiger partial charge in [0.25, 0.3) is 0 Å². The van der Waals surface area contributed by atoms with E-state index in [-0.39, 0.29) is 17.0 Å². The normalized spacial score (nSPS) is 10.8. The summed E-state index contributed by atoms with van der Waals surface area (Å²) in [4.78, 5) is 27.6. The molecular formula is C25H29N3O6. The minimum atomic E-state index is -0.711. The number of methoxy groups -OCH3 is 2. The third-order valence-electron chi connectivity index (χ3n) is 4.97. The van der Waals surface area contributed by atoms with Crippen molar-refractivity contribution in [3.05, 3.63) is 59.8 Å². The maximum atomic E-state index is 12.8. The minimum Gasteiger partial charge on any atom is -0.490 e. The van der Waals surface area contributed by atoms with Crippen LogP contribution >= 0.6 is 0 Å². The van der Waals surface area contributed by atoms with Gasteiger partial charge in [0.05, 0.1) is 26.5 Å². The molecule has 0 aliphatic heterocycles. The molecule has 9 heteroatoms. The number of carbonyl (C=O) groups excluding carboxylic acids is 2. The number of rotatable bonds is 10. The predicted molar refractivity (Wildman–Crippen MR) is 127 cm³/mol. The smallest absolute Gasteiger partial charge is 0.357 e. The van der Waals surface area contributed by atoms with Crippen LogP contribution in [0.3, 0.4) is 0 Å². The molecule has 0 saturated carbocycles. The average Bonchev–Trinajstić information content (AvgIpc) is 3.25. The zero-order chi connectivity index (χ0) is 24.7. The first kappa shape index (κ1) is 24.8. The zero-order valence-electron chi connectivity index (χ0n) is 20.0. The largest absolute Gasteiger partial charge is 0.490 e. The molecule has 0 saturated heterocycles. The molecule has 3 rings (SSSR count). The van der Waals surface area contributed by atoms with Crippen molar-refractivity contribution in [2.45, 2.75) is 6.92 Å². The second-order valence-electron chi connectivity index (χ2n) is 7.55. The molecule has 34 heavy (non-hydrogen) atoms. The predicted octanol–water partition coefficient (Wildman–Crippen LogP) is 3.45. The summed E-state index contributed by atoms with van der Waals surface area (Å²) >= 11 is 0. The van der Waals surface area contributed by atoms with E-state index >= 15 is 0 Å². The van der Waals surface area contributed by atoms with Crippen molar-refractivity contribution < 1.29 is 28.5 Å². The number of carbonyl (C=O) groups is 2. The second kappa shape index (κ2) is 11.3. The number of esters is 2. The Morgan fingerprint density at radius 1 is 0.941 bits per heavy atom. The Labute approximate surface area is 198 Å². The van der Waals surface area contributed by atoms with Gasteiger partial charge in [-0.3, -0.25) is 0 Å². The number of benzene rings is 2. The van der Waals surface area contributed by atoms with Crippen LogP contribution in [0, 0.1) is 0 Å². The molecule has 1 aromatic heterocycles. The molecule has 0 aliphatic rings. The van der Waals surface area contributed by atoms with E-state index in [4.69, 9.17) is 18.9 Å². The molecule has 0 aliphatic carbocycles. The van der Waals surface area contributed by atoms with Crippen LogP contribution in [-0.2, 0) is 9.47 Å². The molecule has 0 radical (unpaired) electrons.